The third-order valence-corrected chi connectivity index (χ3v) is 20.2. The Balaban J connectivity index is 1.24. The molecular formula is C85H63N7S. The molecule has 0 aliphatic carbocycles. The van der Waals surface area contributed by atoms with E-state index < -0.39 is 0 Å². The average Bonchev–Trinajstić information content (AvgIpc) is 1.54. The molecule has 0 saturated heterocycles. The maximum atomic E-state index is 6.08. The lowest BCUT2D eigenvalue weighted by atomic mass is 9.93. The number of hydrogen-bond donors (Lipinski definition) is 0. The molecule has 18 rings (SSSR count). The quantitative estimate of drug-likeness (QED) is 0.152. The van der Waals surface area contributed by atoms with Crippen molar-refractivity contribution in [3.63, 3.8) is 0 Å². The summed E-state index contributed by atoms with van der Waals surface area (Å²) in [5.41, 5.74) is 28.3. The third kappa shape index (κ3) is 8.44. The number of para-hydroxylation sites is 1. The Kier molecular flexibility index (Phi) is 12.2. The lowest BCUT2D eigenvalue weighted by molar-refractivity contribution is 1.02. The molecule has 93 heavy (non-hydrogen) atoms. The Hall–Kier alpha value is -11.2. The Morgan fingerprint density at radius 2 is 0.559 bits per heavy atom. The minimum atomic E-state index is 0.618. The third-order valence-electron chi connectivity index (χ3n) is 19.2. The fourth-order valence-corrected chi connectivity index (χ4v) is 16.0. The predicted octanol–water partition coefficient (Wildman–Crippen LogP) is 22.6. The Morgan fingerprint density at radius 1 is 0.258 bits per heavy atom. The van der Waals surface area contributed by atoms with Gasteiger partial charge in [-0.1, -0.05) is 166 Å². The molecule has 0 aliphatic rings. The molecule has 0 amide bonds. The largest absolute Gasteiger partial charge is 0.306 e. The molecule has 0 radical (unpaired) electrons. The highest BCUT2D eigenvalue weighted by atomic mass is 32.1. The molecule has 0 aliphatic heterocycles. The van der Waals surface area contributed by atoms with E-state index in [9.17, 15) is 0 Å². The highest BCUT2D eigenvalue weighted by Crippen LogP contribution is 2.56. The smallest absolute Gasteiger partial charge is 0.160 e. The second kappa shape index (κ2) is 20.7. The molecule has 6 aromatic heterocycles. The van der Waals surface area contributed by atoms with Crippen LogP contribution in [-0.2, 0) is 0 Å². The zero-order valence-electron chi connectivity index (χ0n) is 53.1. The molecular weight excluding hydrogens is 1150 g/mol. The second-order valence-electron chi connectivity index (χ2n) is 25.8. The van der Waals surface area contributed by atoms with E-state index >= 15 is 0 Å². The standard InChI is InChI=1S/C85H63N7S/c1-48-23-31-69-58(39-48)59-40-49(2)24-32-70(59)89(69)80-78(68-47-67(56-17-11-9-12-18-56)86-84(87-68)57-19-13-10-14-20-57)79(85-88-66-21-15-16-22-77(66)93-85)81(90-71-33-25-50(3)41-60(71)61-42-51(4)26-34-72(61)90)83(92-75-37-29-54(7)45-64(75)65-46-55(8)30-38-76(65)92)82(80)91-73-35-27-52(5)43-62(73)63-44-53(6)28-36-74(63)91/h9-47H,1-8H3. The molecule has 12 aromatic carbocycles. The van der Waals surface area contributed by atoms with E-state index in [1.54, 1.807) is 11.3 Å². The van der Waals surface area contributed by atoms with Crippen LogP contribution in [0.15, 0.2) is 237 Å². The maximum absolute atomic E-state index is 6.08. The Labute approximate surface area is 542 Å². The summed E-state index contributed by atoms with van der Waals surface area (Å²) in [6.07, 6.45) is 0. The van der Waals surface area contributed by atoms with Crippen molar-refractivity contribution in [3.8, 4) is 67.2 Å². The van der Waals surface area contributed by atoms with Crippen molar-refractivity contribution < 1.29 is 0 Å². The van der Waals surface area contributed by atoms with Crippen molar-refractivity contribution >= 4 is 109 Å². The molecule has 0 fully saturated rings. The zero-order valence-corrected chi connectivity index (χ0v) is 53.9. The number of aryl methyl sites for hydroxylation is 8. The van der Waals surface area contributed by atoms with E-state index in [2.05, 4.69) is 310 Å². The van der Waals surface area contributed by atoms with Crippen LogP contribution < -0.4 is 0 Å². The molecule has 0 unspecified atom stereocenters. The fourth-order valence-electron chi connectivity index (χ4n) is 15.0. The first-order chi connectivity index (χ1) is 45.4. The van der Waals surface area contributed by atoms with Gasteiger partial charge in [0.05, 0.1) is 88.5 Å². The van der Waals surface area contributed by atoms with E-state index in [0.29, 0.717) is 5.82 Å². The molecule has 444 valence electrons. The highest BCUT2D eigenvalue weighted by Gasteiger charge is 2.37. The highest BCUT2D eigenvalue weighted by molar-refractivity contribution is 7.21. The summed E-state index contributed by atoms with van der Waals surface area (Å²) >= 11 is 1.74. The first kappa shape index (κ1) is 54.7. The number of fused-ring (bicyclic) bond motifs is 13. The van der Waals surface area contributed by atoms with Gasteiger partial charge in [0.2, 0.25) is 0 Å². The van der Waals surface area contributed by atoms with Crippen LogP contribution in [-0.4, -0.2) is 33.2 Å². The van der Waals surface area contributed by atoms with Crippen LogP contribution in [0.1, 0.15) is 44.5 Å². The van der Waals surface area contributed by atoms with Crippen molar-refractivity contribution in [2.45, 2.75) is 55.4 Å². The molecule has 7 nitrogen and oxygen atoms in total. The maximum Gasteiger partial charge on any atom is 0.160 e. The monoisotopic (exact) mass is 1210 g/mol. The van der Waals surface area contributed by atoms with Crippen molar-refractivity contribution in [2.24, 2.45) is 0 Å². The summed E-state index contributed by atoms with van der Waals surface area (Å²) in [6, 6.07) is 88.3. The van der Waals surface area contributed by atoms with E-state index in [4.69, 9.17) is 15.0 Å². The fraction of sp³-hybridized carbons (Fsp3) is 0.0941. The lowest BCUT2D eigenvalue weighted by Crippen LogP contribution is -2.17. The van der Waals surface area contributed by atoms with E-state index in [0.717, 1.165) is 116 Å². The van der Waals surface area contributed by atoms with Gasteiger partial charge in [-0.3, -0.25) is 0 Å². The van der Waals surface area contributed by atoms with E-state index in [1.807, 2.05) is 0 Å². The molecule has 0 bridgehead atoms. The van der Waals surface area contributed by atoms with Gasteiger partial charge in [-0.25, -0.2) is 15.0 Å². The van der Waals surface area contributed by atoms with Crippen LogP contribution in [0.5, 0.6) is 0 Å². The summed E-state index contributed by atoms with van der Waals surface area (Å²) in [7, 11) is 0. The summed E-state index contributed by atoms with van der Waals surface area (Å²) in [6.45, 7) is 17.7. The van der Waals surface area contributed by atoms with Crippen molar-refractivity contribution in [2.75, 3.05) is 0 Å². The van der Waals surface area contributed by atoms with Crippen molar-refractivity contribution in [1.29, 1.82) is 0 Å². The average molecular weight is 1210 g/mol. The Morgan fingerprint density at radius 3 is 0.914 bits per heavy atom. The summed E-state index contributed by atoms with van der Waals surface area (Å²) < 4.78 is 11.6. The molecule has 0 saturated carbocycles. The molecule has 0 N–H and O–H groups in total. The lowest BCUT2D eigenvalue weighted by Gasteiger charge is -2.30. The number of rotatable bonds is 8. The van der Waals surface area contributed by atoms with Gasteiger partial charge in [0.25, 0.3) is 0 Å². The van der Waals surface area contributed by atoms with Crippen molar-refractivity contribution in [1.82, 2.24) is 33.2 Å². The van der Waals surface area contributed by atoms with Gasteiger partial charge in [0, 0.05) is 65.3 Å². The van der Waals surface area contributed by atoms with Crippen LogP contribution in [0, 0.1) is 55.4 Å². The van der Waals surface area contributed by atoms with Crippen LogP contribution in [0.3, 0.4) is 0 Å². The second-order valence-corrected chi connectivity index (χ2v) is 26.9. The van der Waals surface area contributed by atoms with Gasteiger partial charge >= 0.3 is 0 Å². The van der Waals surface area contributed by atoms with E-state index in [-0.39, 0.29) is 0 Å². The van der Waals surface area contributed by atoms with Crippen LogP contribution >= 0.6 is 11.3 Å². The minimum Gasteiger partial charge on any atom is -0.306 e. The minimum absolute atomic E-state index is 0.618. The number of nitrogens with zero attached hydrogens (tertiary/aromatic N) is 7. The molecule has 0 atom stereocenters. The van der Waals surface area contributed by atoms with E-state index in [1.165, 1.54) is 87.6 Å². The number of hydrogen-bond acceptors (Lipinski definition) is 4. The van der Waals surface area contributed by atoms with Gasteiger partial charge in [-0.2, -0.15) is 0 Å². The predicted molar refractivity (Wildman–Crippen MR) is 392 cm³/mol. The normalized spacial score (nSPS) is 12.1. The molecule has 8 heteroatoms. The first-order valence-electron chi connectivity index (χ1n) is 32.1. The SMILES string of the molecule is Cc1ccc2c(c1)c1cc(C)ccc1n2-c1c(-c2cc(-c3ccccc3)nc(-c3ccccc3)n2)c(-c2nc3ccccc3s2)c(-n2c3ccc(C)cc3c3cc(C)ccc32)c(-n2c3ccc(C)cc3c3cc(C)ccc32)c1-n1c2ccc(C)cc2c2cc(C)ccc21. The summed E-state index contributed by atoms with van der Waals surface area (Å²) in [5.74, 6) is 0.618. The molecule has 18 aromatic rings. The number of aromatic nitrogens is 7. The number of thiazole rings is 1. The van der Waals surface area contributed by atoms with Gasteiger partial charge in [-0.05, 0) is 171 Å². The Bertz CT molecular complexity index is 5880. The van der Waals surface area contributed by atoms with Crippen LogP contribution in [0.2, 0.25) is 0 Å². The topological polar surface area (TPSA) is 58.4 Å². The first-order valence-corrected chi connectivity index (χ1v) is 32.9. The van der Waals surface area contributed by atoms with Crippen LogP contribution in [0.25, 0.3) is 165 Å². The van der Waals surface area contributed by atoms with Gasteiger partial charge in [0.15, 0.2) is 5.82 Å². The van der Waals surface area contributed by atoms with Crippen molar-refractivity contribution in [3.05, 3.63) is 281 Å². The zero-order chi connectivity index (χ0) is 62.7. The summed E-state index contributed by atoms with van der Waals surface area (Å²) in [4.78, 5) is 17.6. The number of benzene rings is 12. The van der Waals surface area contributed by atoms with Gasteiger partial charge < -0.3 is 18.3 Å². The van der Waals surface area contributed by atoms with Gasteiger partial charge in [-0.15, -0.1) is 11.3 Å². The summed E-state index contributed by atoms with van der Waals surface area (Å²) in [5, 5.41) is 10.2. The molecule has 0 spiro atoms. The van der Waals surface area contributed by atoms with Crippen LogP contribution in [0.4, 0.5) is 0 Å². The van der Waals surface area contributed by atoms with Gasteiger partial charge in [0.1, 0.15) is 5.01 Å². The molecule has 6 heterocycles.